The largest absolute Gasteiger partial charge is 0.497 e. The number of rotatable bonds is 7. The van der Waals surface area contributed by atoms with Crippen molar-refractivity contribution in [1.82, 2.24) is 13.9 Å². The number of carbonyl (C=O) groups excluding carboxylic acids is 1. The van der Waals surface area contributed by atoms with Crippen LogP contribution in [0.2, 0.25) is 0 Å². The van der Waals surface area contributed by atoms with E-state index in [-0.39, 0.29) is 5.78 Å². The number of piperazine rings is 1. The second-order valence-corrected chi connectivity index (χ2v) is 7.09. The average molecular weight is 341 g/mol. The first-order valence-corrected chi connectivity index (χ1v) is 9.04. The van der Waals surface area contributed by atoms with Crippen LogP contribution in [0.1, 0.15) is 17.3 Å². The summed E-state index contributed by atoms with van der Waals surface area (Å²) in [7, 11) is -1.81. The fourth-order valence-electron chi connectivity index (χ4n) is 2.47. The van der Waals surface area contributed by atoms with Gasteiger partial charge < -0.3 is 4.74 Å². The molecule has 1 heterocycles. The van der Waals surface area contributed by atoms with Crippen LogP contribution in [-0.4, -0.2) is 69.8 Å². The van der Waals surface area contributed by atoms with E-state index in [0.717, 1.165) is 0 Å². The molecule has 0 spiro atoms. The zero-order chi connectivity index (χ0) is 16.9. The number of hydrogen-bond donors (Lipinski definition) is 1. The third kappa shape index (κ3) is 4.74. The van der Waals surface area contributed by atoms with E-state index in [9.17, 15) is 13.2 Å². The Hall–Kier alpha value is -1.48. The number of nitrogens with zero attached hydrogens (tertiary/aromatic N) is 2. The number of carbonyl (C=O) groups is 1. The van der Waals surface area contributed by atoms with Crippen molar-refractivity contribution in [1.29, 1.82) is 0 Å². The highest BCUT2D eigenvalue weighted by molar-refractivity contribution is 7.87. The molecule has 1 saturated heterocycles. The van der Waals surface area contributed by atoms with Crippen molar-refractivity contribution < 1.29 is 17.9 Å². The molecule has 0 unspecified atom stereocenters. The highest BCUT2D eigenvalue weighted by atomic mass is 32.2. The molecule has 1 N–H and O–H groups in total. The predicted molar refractivity (Wildman–Crippen MR) is 87.9 cm³/mol. The fourth-order valence-corrected chi connectivity index (χ4v) is 3.66. The summed E-state index contributed by atoms with van der Waals surface area (Å²) in [5, 5.41) is 0. The number of ketones is 1. The lowest BCUT2D eigenvalue weighted by Crippen LogP contribution is -2.52. The maximum Gasteiger partial charge on any atom is 0.279 e. The third-order valence-corrected chi connectivity index (χ3v) is 5.48. The highest BCUT2D eigenvalue weighted by Crippen LogP contribution is 2.13. The van der Waals surface area contributed by atoms with Gasteiger partial charge in [-0.1, -0.05) is 6.92 Å². The molecule has 23 heavy (non-hydrogen) atoms. The van der Waals surface area contributed by atoms with E-state index < -0.39 is 10.2 Å². The molecule has 0 aliphatic carbocycles. The Kier molecular flexibility index (Phi) is 6.11. The van der Waals surface area contributed by atoms with E-state index >= 15 is 0 Å². The van der Waals surface area contributed by atoms with Crippen molar-refractivity contribution in [2.24, 2.45) is 0 Å². The van der Waals surface area contributed by atoms with E-state index in [0.29, 0.717) is 50.6 Å². The average Bonchev–Trinajstić information content (AvgIpc) is 2.55. The fraction of sp³-hybridized carbons (Fsp3) is 0.533. The van der Waals surface area contributed by atoms with Crippen LogP contribution in [0, 0.1) is 0 Å². The molecule has 1 aliphatic rings. The van der Waals surface area contributed by atoms with Gasteiger partial charge in [-0.2, -0.15) is 12.7 Å². The summed E-state index contributed by atoms with van der Waals surface area (Å²) in [6, 6.07) is 7.00. The van der Waals surface area contributed by atoms with Gasteiger partial charge in [0.15, 0.2) is 5.78 Å². The van der Waals surface area contributed by atoms with Crippen molar-refractivity contribution in [2.75, 3.05) is 46.4 Å². The molecule has 8 heteroatoms. The number of methoxy groups -OCH3 is 1. The summed E-state index contributed by atoms with van der Waals surface area (Å²) in [5.41, 5.74) is 0.633. The van der Waals surface area contributed by atoms with Crippen molar-refractivity contribution in [2.45, 2.75) is 6.92 Å². The molecule has 0 atom stereocenters. The van der Waals surface area contributed by atoms with Gasteiger partial charge in [-0.25, -0.2) is 4.72 Å². The molecular formula is C15H23N3O4S. The van der Waals surface area contributed by atoms with Crippen molar-refractivity contribution in [3.63, 3.8) is 0 Å². The van der Waals surface area contributed by atoms with E-state index in [1.807, 2.05) is 4.90 Å². The van der Waals surface area contributed by atoms with E-state index in [1.54, 1.807) is 38.3 Å². The van der Waals surface area contributed by atoms with E-state index in [4.69, 9.17) is 4.74 Å². The molecule has 0 aromatic heterocycles. The summed E-state index contributed by atoms with van der Waals surface area (Å²) >= 11 is 0. The lowest BCUT2D eigenvalue weighted by atomic mass is 10.1. The van der Waals surface area contributed by atoms with Crippen LogP contribution in [-0.2, 0) is 10.2 Å². The van der Waals surface area contributed by atoms with Crippen LogP contribution in [0.25, 0.3) is 0 Å². The molecule has 0 radical (unpaired) electrons. The minimum atomic E-state index is -3.39. The Morgan fingerprint density at radius 3 is 2.30 bits per heavy atom. The first-order chi connectivity index (χ1) is 11.0. The predicted octanol–water partition coefficient (Wildman–Crippen LogP) is 0.350. The monoisotopic (exact) mass is 341 g/mol. The summed E-state index contributed by atoms with van der Waals surface area (Å²) in [4.78, 5) is 14.2. The number of nitrogens with one attached hydrogen (secondary N) is 1. The van der Waals surface area contributed by atoms with E-state index in [1.165, 1.54) is 4.31 Å². The summed E-state index contributed by atoms with van der Waals surface area (Å²) in [5.74, 6) is 0.736. The lowest BCUT2D eigenvalue weighted by molar-refractivity contribution is 0.0901. The highest BCUT2D eigenvalue weighted by Gasteiger charge is 2.27. The van der Waals surface area contributed by atoms with Gasteiger partial charge in [0.1, 0.15) is 5.75 Å². The maximum absolute atomic E-state index is 12.3. The maximum atomic E-state index is 12.3. The SMILES string of the molecule is CCNS(=O)(=O)N1CCN(CC(=O)c2ccc(OC)cc2)CC1. The van der Waals surface area contributed by atoms with Crippen LogP contribution in [0.3, 0.4) is 0 Å². The number of Topliss-reactive ketones (excluding diaryl/α,β-unsaturated/α-hetero) is 1. The normalized spacial score (nSPS) is 17.1. The number of ether oxygens (including phenoxy) is 1. The molecule has 1 aliphatic heterocycles. The summed E-state index contributed by atoms with van der Waals surface area (Å²) < 4.78 is 32.8. The van der Waals surface area contributed by atoms with Gasteiger partial charge >= 0.3 is 0 Å². The van der Waals surface area contributed by atoms with Gasteiger partial charge in [0, 0.05) is 38.3 Å². The molecule has 0 amide bonds. The molecule has 1 fully saturated rings. The minimum absolute atomic E-state index is 0.0237. The molecule has 0 saturated carbocycles. The van der Waals surface area contributed by atoms with E-state index in [2.05, 4.69) is 4.72 Å². The van der Waals surface area contributed by atoms with Crippen LogP contribution in [0.5, 0.6) is 5.75 Å². The number of benzene rings is 1. The lowest BCUT2D eigenvalue weighted by Gasteiger charge is -2.33. The molecule has 1 aromatic carbocycles. The van der Waals surface area contributed by atoms with Gasteiger partial charge in [0.25, 0.3) is 10.2 Å². The first-order valence-electron chi connectivity index (χ1n) is 7.60. The minimum Gasteiger partial charge on any atom is -0.497 e. The molecule has 128 valence electrons. The Bertz CT molecular complexity index is 623. The molecule has 0 bridgehead atoms. The summed E-state index contributed by atoms with van der Waals surface area (Å²) in [6.07, 6.45) is 0. The van der Waals surface area contributed by atoms with Gasteiger partial charge in [-0.05, 0) is 24.3 Å². The van der Waals surface area contributed by atoms with Gasteiger partial charge in [0.05, 0.1) is 13.7 Å². The van der Waals surface area contributed by atoms with Crippen molar-refractivity contribution in [3.8, 4) is 5.75 Å². The van der Waals surface area contributed by atoms with Crippen molar-refractivity contribution >= 4 is 16.0 Å². The zero-order valence-electron chi connectivity index (χ0n) is 13.5. The quantitative estimate of drug-likeness (QED) is 0.724. The Morgan fingerprint density at radius 2 is 1.78 bits per heavy atom. The third-order valence-electron chi connectivity index (χ3n) is 3.78. The zero-order valence-corrected chi connectivity index (χ0v) is 14.3. The Labute approximate surface area is 137 Å². The molecule has 7 nitrogen and oxygen atoms in total. The van der Waals surface area contributed by atoms with Crippen LogP contribution in [0.15, 0.2) is 24.3 Å². The van der Waals surface area contributed by atoms with Gasteiger partial charge in [-0.15, -0.1) is 0 Å². The molecule has 2 rings (SSSR count). The molecule has 1 aromatic rings. The second kappa shape index (κ2) is 7.87. The first kappa shape index (κ1) is 17.9. The molecular weight excluding hydrogens is 318 g/mol. The topological polar surface area (TPSA) is 79.0 Å². The Morgan fingerprint density at radius 1 is 1.17 bits per heavy atom. The van der Waals surface area contributed by atoms with Crippen LogP contribution in [0.4, 0.5) is 0 Å². The van der Waals surface area contributed by atoms with Crippen LogP contribution < -0.4 is 9.46 Å². The Balaban J connectivity index is 1.87. The van der Waals surface area contributed by atoms with Crippen LogP contribution >= 0.6 is 0 Å². The second-order valence-electron chi connectivity index (χ2n) is 5.33. The van der Waals surface area contributed by atoms with Gasteiger partial charge in [0.2, 0.25) is 0 Å². The van der Waals surface area contributed by atoms with Gasteiger partial charge in [-0.3, -0.25) is 9.69 Å². The smallest absolute Gasteiger partial charge is 0.279 e. The van der Waals surface area contributed by atoms with Crippen molar-refractivity contribution in [3.05, 3.63) is 29.8 Å². The number of hydrogen-bond acceptors (Lipinski definition) is 5. The standard InChI is InChI=1S/C15H23N3O4S/c1-3-16-23(20,21)18-10-8-17(9-11-18)12-15(19)13-4-6-14(22-2)7-5-13/h4-7,16H,3,8-12H2,1-2H3. The summed E-state index contributed by atoms with van der Waals surface area (Å²) in [6.45, 7) is 4.30.